The van der Waals surface area contributed by atoms with Crippen LogP contribution < -0.4 is 0 Å². The molecule has 0 amide bonds. The van der Waals surface area contributed by atoms with Crippen LogP contribution in [0.4, 0.5) is 26.3 Å². The molecule has 0 nitrogen and oxygen atoms in total. The zero-order chi connectivity index (χ0) is 11.9. The topological polar surface area (TPSA) is 0 Å². The summed E-state index contributed by atoms with van der Waals surface area (Å²) in [6.45, 7) is 0. The Labute approximate surface area is 85.5 Å². The van der Waals surface area contributed by atoms with Crippen LogP contribution in [0, 0.1) is 0 Å². The Morgan fingerprint density at radius 1 is 0.800 bits per heavy atom. The second-order valence-electron chi connectivity index (χ2n) is 2.69. The second-order valence-corrected chi connectivity index (χ2v) is 3.12. The largest absolute Gasteiger partial charge is 0.417 e. The molecular weight excluding hydrogens is 246 g/mol. The first-order chi connectivity index (χ1) is 6.62. The molecule has 84 valence electrons. The van der Waals surface area contributed by atoms with Gasteiger partial charge in [-0.25, -0.2) is 0 Å². The fourth-order valence-corrected chi connectivity index (χ4v) is 1.17. The number of halogens is 7. The number of hydrogen-bond acceptors (Lipinski definition) is 0. The Morgan fingerprint density at radius 2 is 1.27 bits per heavy atom. The van der Waals surface area contributed by atoms with Crippen molar-refractivity contribution >= 4 is 11.6 Å². The van der Waals surface area contributed by atoms with Crippen LogP contribution in [0.1, 0.15) is 11.1 Å². The van der Waals surface area contributed by atoms with E-state index in [-0.39, 0.29) is 6.07 Å². The predicted octanol–water partition coefficient (Wildman–Crippen LogP) is 4.38. The summed E-state index contributed by atoms with van der Waals surface area (Å²) in [4.78, 5) is 0. The highest BCUT2D eigenvalue weighted by Gasteiger charge is 2.42. The van der Waals surface area contributed by atoms with E-state index in [4.69, 9.17) is 11.6 Å². The van der Waals surface area contributed by atoms with Gasteiger partial charge in [0.1, 0.15) is 0 Å². The molecule has 0 atom stereocenters. The maximum atomic E-state index is 12.2. The van der Waals surface area contributed by atoms with Crippen molar-refractivity contribution in [1.29, 1.82) is 0 Å². The lowest BCUT2D eigenvalue weighted by atomic mass is 10.1. The summed E-state index contributed by atoms with van der Waals surface area (Å²) in [6.07, 6.45) is -10.1. The minimum atomic E-state index is -5.07. The molecule has 0 N–H and O–H groups in total. The van der Waals surface area contributed by atoms with E-state index < -0.39 is 28.5 Å². The molecule has 1 aromatic carbocycles. The molecule has 7 heteroatoms. The van der Waals surface area contributed by atoms with Crippen LogP contribution in [0.25, 0.3) is 0 Å². The SMILES string of the molecule is FC(F)(F)c1ccc(Cl)cc1C(F)(F)F. The van der Waals surface area contributed by atoms with Crippen LogP contribution in [0.15, 0.2) is 18.2 Å². The molecule has 0 radical (unpaired) electrons. The molecule has 0 heterocycles. The predicted molar refractivity (Wildman–Crippen MR) is 41.5 cm³/mol. The van der Waals surface area contributed by atoms with Crippen molar-refractivity contribution < 1.29 is 26.3 Å². The monoisotopic (exact) mass is 248 g/mol. The van der Waals surface area contributed by atoms with Crippen LogP contribution in [0.5, 0.6) is 0 Å². The maximum absolute atomic E-state index is 12.2. The molecule has 0 saturated heterocycles. The lowest BCUT2D eigenvalue weighted by Gasteiger charge is -2.15. The zero-order valence-corrected chi connectivity index (χ0v) is 7.63. The van der Waals surface area contributed by atoms with E-state index in [0.29, 0.717) is 6.07 Å². The molecule has 0 aliphatic carbocycles. The molecule has 0 aliphatic heterocycles. The smallest absolute Gasteiger partial charge is 0.166 e. The van der Waals surface area contributed by atoms with Crippen molar-refractivity contribution in [1.82, 2.24) is 0 Å². The summed E-state index contributed by atoms with van der Waals surface area (Å²) < 4.78 is 73.1. The standard InChI is InChI=1S/C8H3ClF6/c9-4-1-2-5(7(10,11)12)6(3-4)8(13,14)15/h1-3H. The van der Waals surface area contributed by atoms with E-state index in [2.05, 4.69) is 0 Å². The number of alkyl halides is 6. The molecule has 0 saturated carbocycles. The average molecular weight is 249 g/mol. The van der Waals surface area contributed by atoms with Gasteiger partial charge in [0.2, 0.25) is 0 Å². The second kappa shape index (κ2) is 3.59. The Kier molecular flexibility index (Phi) is 2.91. The summed E-state index contributed by atoms with van der Waals surface area (Å²) in [7, 11) is 0. The van der Waals surface area contributed by atoms with Gasteiger partial charge in [0.05, 0.1) is 11.1 Å². The van der Waals surface area contributed by atoms with Gasteiger partial charge in [-0.2, -0.15) is 26.3 Å². The molecular formula is C8H3ClF6. The van der Waals surface area contributed by atoms with E-state index in [1.165, 1.54) is 0 Å². The normalized spacial score (nSPS) is 13.0. The molecule has 0 aliphatic rings. The lowest BCUT2D eigenvalue weighted by Crippen LogP contribution is -2.16. The molecule has 0 unspecified atom stereocenters. The van der Waals surface area contributed by atoms with E-state index >= 15 is 0 Å². The van der Waals surface area contributed by atoms with Crippen molar-refractivity contribution in [3.05, 3.63) is 34.3 Å². The highest BCUT2D eigenvalue weighted by Crippen LogP contribution is 2.41. The average Bonchev–Trinajstić information content (AvgIpc) is 2.00. The van der Waals surface area contributed by atoms with E-state index in [9.17, 15) is 26.3 Å². The van der Waals surface area contributed by atoms with Crippen LogP contribution >= 0.6 is 11.6 Å². The number of hydrogen-bond donors (Lipinski definition) is 0. The highest BCUT2D eigenvalue weighted by atomic mass is 35.5. The molecule has 1 aromatic rings. The minimum absolute atomic E-state index is 0.254. The molecule has 0 spiro atoms. The Morgan fingerprint density at radius 3 is 1.67 bits per heavy atom. The van der Waals surface area contributed by atoms with Crippen LogP contribution in [-0.4, -0.2) is 0 Å². The Balaban J connectivity index is 3.41. The first-order valence-electron chi connectivity index (χ1n) is 3.56. The van der Waals surface area contributed by atoms with Gasteiger partial charge in [0, 0.05) is 5.02 Å². The van der Waals surface area contributed by atoms with Gasteiger partial charge in [0.15, 0.2) is 0 Å². The third-order valence-electron chi connectivity index (χ3n) is 1.59. The van der Waals surface area contributed by atoms with E-state index in [1.54, 1.807) is 0 Å². The van der Waals surface area contributed by atoms with Crippen molar-refractivity contribution in [3.63, 3.8) is 0 Å². The number of rotatable bonds is 0. The van der Waals surface area contributed by atoms with Gasteiger partial charge in [0.25, 0.3) is 0 Å². The summed E-state index contributed by atoms with van der Waals surface area (Å²) in [5.41, 5.74) is -3.51. The van der Waals surface area contributed by atoms with Crippen molar-refractivity contribution in [2.75, 3.05) is 0 Å². The van der Waals surface area contributed by atoms with E-state index in [0.717, 1.165) is 6.07 Å². The van der Waals surface area contributed by atoms with Crippen molar-refractivity contribution in [2.45, 2.75) is 12.4 Å². The summed E-state index contributed by atoms with van der Waals surface area (Å²) in [5.74, 6) is 0. The minimum Gasteiger partial charge on any atom is -0.166 e. The molecule has 15 heavy (non-hydrogen) atoms. The number of benzene rings is 1. The van der Waals surface area contributed by atoms with Gasteiger partial charge >= 0.3 is 12.4 Å². The fourth-order valence-electron chi connectivity index (χ4n) is 0.998. The van der Waals surface area contributed by atoms with Gasteiger partial charge in [-0.15, -0.1) is 0 Å². The van der Waals surface area contributed by atoms with Crippen LogP contribution in [0.2, 0.25) is 5.02 Å². The van der Waals surface area contributed by atoms with Crippen LogP contribution in [0.3, 0.4) is 0 Å². The van der Waals surface area contributed by atoms with Crippen molar-refractivity contribution in [3.8, 4) is 0 Å². The third-order valence-corrected chi connectivity index (χ3v) is 1.83. The van der Waals surface area contributed by atoms with Gasteiger partial charge < -0.3 is 0 Å². The molecule has 1 rings (SSSR count). The highest BCUT2D eigenvalue weighted by molar-refractivity contribution is 6.30. The summed E-state index contributed by atoms with van der Waals surface area (Å²) in [5, 5.41) is -0.393. The fraction of sp³-hybridized carbons (Fsp3) is 0.250. The van der Waals surface area contributed by atoms with Crippen LogP contribution in [-0.2, 0) is 12.4 Å². The Bertz CT molecular complexity index is 364. The summed E-state index contributed by atoms with van der Waals surface area (Å²) in [6, 6.07) is 1.33. The maximum Gasteiger partial charge on any atom is 0.417 e. The Hall–Kier alpha value is -0.910. The molecule has 0 fully saturated rings. The first kappa shape index (κ1) is 12.2. The zero-order valence-electron chi connectivity index (χ0n) is 6.88. The first-order valence-corrected chi connectivity index (χ1v) is 3.94. The van der Waals surface area contributed by atoms with Gasteiger partial charge in [-0.3, -0.25) is 0 Å². The summed E-state index contributed by atoms with van der Waals surface area (Å²) >= 11 is 5.21. The lowest BCUT2D eigenvalue weighted by molar-refractivity contribution is -0.162. The molecule has 0 aromatic heterocycles. The quantitative estimate of drug-likeness (QED) is 0.598. The van der Waals surface area contributed by atoms with E-state index in [1.807, 2.05) is 0 Å². The van der Waals surface area contributed by atoms with Gasteiger partial charge in [-0.1, -0.05) is 11.6 Å². The molecule has 0 bridgehead atoms. The van der Waals surface area contributed by atoms with Gasteiger partial charge in [-0.05, 0) is 18.2 Å². The third kappa shape index (κ3) is 2.77. The van der Waals surface area contributed by atoms with Crippen molar-refractivity contribution in [2.24, 2.45) is 0 Å².